The van der Waals surface area contributed by atoms with E-state index in [4.69, 9.17) is 31.5 Å². The topological polar surface area (TPSA) is 129 Å². The van der Waals surface area contributed by atoms with Gasteiger partial charge in [-0.25, -0.2) is 9.59 Å². The molecule has 0 spiro atoms. The van der Waals surface area contributed by atoms with Gasteiger partial charge in [-0.1, -0.05) is 35.9 Å². The van der Waals surface area contributed by atoms with Gasteiger partial charge >= 0.3 is 11.7 Å². The van der Waals surface area contributed by atoms with E-state index in [1.165, 1.54) is 7.11 Å². The van der Waals surface area contributed by atoms with Gasteiger partial charge in [0.2, 0.25) is 0 Å². The second-order valence-corrected chi connectivity index (χ2v) is 8.23. The average Bonchev–Trinajstić information content (AvgIpc) is 2.82. The Labute approximate surface area is 206 Å². The van der Waals surface area contributed by atoms with Crippen molar-refractivity contribution in [2.24, 2.45) is 0 Å². The van der Waals surface area contributed by atoms with Gasteiger partial charge in [-0.2, -0.15) is 4.98 Å². The van der Waals surface area contributed by atoms with Gasteiger partial charge < -0.3 is 25.3 Å². The number of nitrogen functional groups attached to an aromatic ring is 1. The third-order valence-electron chi connectivity index (χ3n) is 5.64. The summed E-state index contributed by atoms with van der Waals surface area (Å²) in [6, 6.07) is 12.7. The van der Waals surface area contributed by atoms with E-state index >= 15 is 0 Å². The van der Waals surface area contributed by atoms with Crippen molar-refractivity contribution in [3.05, 3.63) is 85.9 Å². The summed E-state index contributed by atoms with van der Waals surface area (Å²) in [4.78, 5) is 31.4. The minimum absolute atomic E-state index is 0.102. The SMILES string of the molecule is CCOC(=O)C1=C(C)Nc2nc(=O)[nH]c(N)c2C1c1ccc(OCc2ccccc2Cl)c(OC)c1. The van der Waals surface area contributed by atoms with E-state index in [1.807, 2.05) is 18.2 Å². The predicted octanol–water partition coefficient (Wildman–Crippen LogP) is 3.99. The summed E-state index contributed by atoms with van der Waals surface area (Å²) in [5.74, 6) is 0.158. The predicted molar refractivity (Wildman–Crippen MR) is 133 cm³/mol. The number of anilines is 2. The number of rotatable bonds is 7. The number of ether oxygens (including phenoxy) is 3. The maximum Gasteiger partial charge on any atom is 0.348 e. The van der Waals surface area contributed by atoms with E-state index in [2.05, 4.69) is 15.3 Å². The second-order valence-electron chi connectivity index (χ2n) is 7.83. The van der Waals surface area contributed by atoms with Crippen LogP contribution in [0, 0.1) is 0 Å². The molecular formula is C25H25ClN4O5. The van der Waals surface area contributed by atoms with E-state index in [0.717, 1.165) is 5.56 Å². The first-order valence-electron chi connectivity index (χ1n) is 10.9. The van der Waals surface area contributed by atoms with Gasteiger partial charge in [-0.05, 0) is 37.6 Å². The van der Waals surface area contributed by atoms with Crippen LogP contribution in [-0.2, 0) is 16.1 Å². The molecule has 3 aromatic rings. The van der Waals surface area contributed by atoms with Crippen LogP contribution in [0.15, 0.2) is 58.5 Å². The lowest BCUT2D eigenvalue weighted by molar-refractivity contribution is -0.138. The van der Waals surface area contributed by atoms with Gasteiger partial charge in [0.05, 0.1) is 25.2 Å². The molecule has 1 aliphatic rings. The number of H-pyrrole nitrogens is 1. The number of nitrogens with two attached hydrogens (primary N) is 1. The number of nitrogens with one attached hydrogen (secondary N) is 2. The van der Waals surface area contributed by atoms with Crippen molar-refractivity contribution in [2.45, 2.75) is 26.4 Å². The fourth-order valence-electron chi connectivity index (χ4n) is 4.06. The number of hydrogen-bond donors (Lipinski definition) is 3. The molecular weight excluding hydrogens is 472 g/mol. The summed E-state index contributed by atoms with van der Waals surface area (Å²) in [5, 5.41) is 3.62. The van der Waals surface area contributed by atoms with Gasteiger partial charge in [-0.3, -0.25) is 4.98 Å². The molecule has 10 heteroatoms. The standard InChI is InChI=1S/C25H25ClN4O5/c1-4-34-24(31)19-13(2)28-23-21(22(27)29-25(32)30-23)20(19)14-9-10-17(18(11-14)33-3)35-12-15-7-5-6-8-16(15)26/h5-11,20H,4,12H2,1-3H3,(H4,27,28,29,30,32). The van der Waals surface area contributed by atoms with Crippen LogP contribution in [0.3, 0.4) is 0 Å². The van der Waals surface area contributed by atoms with Crippen LogP contribution >= 0.6 is 11.6 Å². The van der Waals surface area contributed by atoms with Gasteiger partial charge in [-0.15, -0.1) is 0 Å². The lowest BCUT2D eigenvalue weighted by atomic mass is 9.81. The molecule has 2 aromatic carbocycles. The van der Waals surface area contributed by atoms with Crippen LogP contribution in [0.5, 0.6) is 11.5 Å². The molecule has 0 amide bonds. The number of methoxy groups -OCH3 is 1. The number of aromatic nitrogens is 2. The second kappa shape index (κ2) is 10.1. The number of aromatic amines is 1. The molecule has 4 N–H and O–H groups in total. The molecule has 0 saturated heterocycles. The van der Waals surface area contributed by atoms with Crippen molar-refractivity contribution in [1.29, 1.82) is 0 Å². The maximum absolute atomic E-state index is 13.0. The van der Waals surface area contributed by atoms with Crippen LogP contribution in [0.25, 0.3) is 0 Å². The van der Waals surface area contributed by atoms with Crippen LogP contribution in [-0.4, -0.2) is 29.7 Å². The molecule has 0 radical (unpaired) electrons. The number of carbonyl (C=O) groups is 1. The van der Waals surface area contributed by atoms with E-state index in [1.54, 1.807) is 38.1 Å². The Morgan fingerprint density at radius 1 is 1.20 bits per heavy atom. The molecule has 35 heavy (non-hydrogen) atoms. The van der Waals surface area contributed by atoms with E-state index < -0.39 is 17.6 Å². The van der Waals surface area contributed by atoms with Crippen LogP contribution in [0.2, 0.25) is 5.02 Å². The Balaban J connectivity index is 1.78. The summed E-state index contributed by atoms with van der Waals surface area (Å²) in [7, 11) is 1.53. The highest BCUT2D eigenvalue weighted by molar-refractivity contribution is 6.31. The summed E-state index contributed by atoms with van der Waals surface area (Å²) in [5.41, 5.74) is 8.44. The number of fused-ring (bicyclic) bond motifs is 1. The molecule has 9 nitrogen and oxygen atoms in total. The van der Waals surface area contributed by atoms with Gasteiger partial charge in [0.25, 0.3) is 0 Å². The molecule has 4 rings (SSSR count). The zero-order valence-corrected chi connectivity index (χ0v) is 20.2. The summed E-state index contributed by atoms with van der Waals surface area (Å²) < 4.78 is 16.9. The molecule has 1 aromatic heterocycles. The van der Waals surface area contributed by atoms with Crippen molar-refractivity contribution in [1.82, 2.24) is 9.97 Å². The van der Waals surface area contributed by atoms with E-state index in [-0.39, 0.29) is 24.8 Å². The Kier molecular flexibility index (Phi) is 6.97. The van der Waals surface area contributed by atoms with Crippen molar-refractivity contribution in [2.75, 3.05) is 24.8 Å². The number of esters is 1. The van der Waals surface area contributed by atoms with E-state index in [0.29, 0.717) is 38.9 Å². The minimum atomic E-state index is -0.666. The Morgan fingerprint density at radius 3 is 2.69 bits per heavy atom. The van der Waals surface area contributed by atoms with Crippen LogP contribution in [0.1, 0.15) is 36.5 Å². The normalized spacial score (nSPS) is 14.7. The number of halogens is 1. The smallest absolute Gasteiger partial charge is 0.348 e. The zero-order valence-electron chi connectivity index (χ0n) is 19.5. The third kappa shape index (κ3) is 4.81. The molecule has 1 atom stereocenters. The first-order valence-corrected chi connectivity index (χ1v) is 11.3. The molecule has 2 heterocycles. The minimum Gasteiger partial charge on any atom is -0.493 e. The van der Waals surface area contributed by atoms with Crippen molar-refractivity contribution >= 4 is 29.2 Å². The largest absolute Gasteiger partial charge is 0.493 e. The average molecular weight is 497 g/mol. The molecule has 0 bridgehead atoms. The number of hydrogen-bond acceptors (Lipinski definition) is 8. The van der Waals surface area contributed by atoms with Crippen LogP contribution in [0.4, 0.5) is 11.6 Å². The van der Waals surface area contributed by atoms with Crippen LogP contribution < -0.4 is 26.2 Å². The van der Waals surface area contributed by atoms with Crippen molar-refractivity contribution < 1.29 is 19.0 Å². The summed E-state index contributed by atoms with van der Waals surface area (Å²) in [6.45, 7) is 3.90. The number of allylic oxidation sites excluding steroid dienone is 1. The lowest BCUT2D eigenvalue weighted by Gasteiger charge is -2.30. The number of carbonyl (C=O) groups excluding carboxylic acids is 1. The first kappa shape index (κ1) is 24.2. The molecule has 0 fully saturated rings. The Morgan fingerprint density at radius 2 is 1.97 bits per heavy atom. The first-order chi connectivity index (χ1) is 16.8. The fraction of sp³-hybridized carbons (Fsp3) is 0.240. The highest BCUT2D eigenvalue weighted by Gasteiger charge is 2.36. The highest BCUT2D eigenvalue weighted by Crippen LogP contribution is 2.45. The number of benzene rings is 2. The molecule has 1 aliphatic heterocycles. The van der Waals surface area contributed by atoms with Crippen molar-refractivity contribution in [3.8, 4) is 11.5 Å². The highest BCUT2D eigenvalue weighted by atomic mass is 35.5. The number of nitrogens with zero attached hydrogens (tertiary/aromatic N) is 1. The Hall–Kier alpha value is -3.98. The van der Waals surface area contributed by atoms with Gasteiger partial charge in [0, 0.05) is 21.8 Å². The molecule has 1 unspecified atom stereocenters. The van der Waals surface area contributed by atoms with Gasteiger partial charge in [0.1, 0.15) is 18.2 Å². The quantitative estimate of drug-likeness (QED) is 0.419. The maximum atomic E-state index is 13.0. The van der Waals surface area contributed by atoms with E-state index in [9.17, 15) is 9.59 Å². The summed E-state index contributed by atoms with van der Waals surface area (Å²) >= 11 is 6.24. The lowest BCUT2D eigenvalue weighted by Crippen LogP contribution is -2.29. The fourth-order valence-corrected chi connectivity index (χ4v) is 4.25. The zero-order chi connectivity index (χ0) is 25.1. The molecule has 0 saturated carbocycles. The molecule has 0 aliphatic carbocycles. The Bertz CT molecular complexity index is 1370. The monoisotopic (exact) mass is 496 g/mol. The van der Waals surface area contributed by atoms with Crippen molar-refractivity contribution in [3.63, 3.8) is 0 Å². The van der Waals surface area contributed by atoms with Gasteiger partial charge in [0.15, 0.2) is 11.5 Å². The summed E-state index contributed by atoms with van der Waals surface area (Å²) in [6.07, 6.45) is 0. The molecule has 182 valence electrons. The third-order valence-corrected chi connectivity index (χ3v) is 6.01.